The minimum Gasteiger partial charge on any atom is -0.267 e. The Hall–Kier alpha value is -3.21. The number of H-pyrrole nitrogens is 1. The van der Waals surface area contributed by atoms with Crippen molar-refractivity contribution in [2.24, 2.45) is 0 Å². The lowest BCUT2D eigenvalue weighted by Crippen LogP contribution is -2.08. The van der Waals surface area contributed by atoms with Crippen LogP contribution in [-0.2, 0) is 0 Å². The number of aromatic amines is 1. The number of nitrogens with one attached hydrogen (secondary N) is 1. The van der Waals surface area contributed by atoms with Crippen molar-refractivity contribution in [1.82, 2.24) is 20.0 Å². The zero-order valence-corrected chi connectivity index (χ0v) is 12.5. The Labute approximate surface area is 132 Å². The molecular formula is C18H14N4O. The van der Waals surface area contributed by atoms with Crippen LogP contribution >= 0.6 is 0 Å². The van der Waals surface area contributed by atoms with Crippen LogP contribution < -0.4 is 5.56 Å². The molecule has 0 aliphatic heterocycles. The van der Waals surface area contributed by atoms with Gasteiger partial charge in [0, 0.05) is 11.8 Å². The maximum Gasteiger partial charge on any atom is 0.275 e. The lowest BCUT2D eigenvalue weighted by molar-refractivity contribution is 0.894. The summed E-state index contributed by atoms with van der Waals surface area (Å²) in [7, 11) is 0. The molecule has 0 radical (unpaired) electrons. The first-order valence-corrected chi connectivity index (χ1v) is 7.33. The van der Waals surface area contributed by atoms with Crippen molar-refractivity contribution in [2.75, 3.05) is 0 Å². The van der Waals surface area contributed by atoms with Crippen molar-refractivity contribution in [3.05, 3.63) is 76.7 Å². The highest BCUT2D eigenvalue weighted by atomic mass is 16.1. The second kappa shape index (κ2) is 5.21. The molecule has 5 heteroatoms. The number of aromatic nitrogens is 4. The lowest BCUT2D eigenvalue weighted by Gasteiger charge is -2.01. The summed E-state index contributed by atoms with van der Waals surface area (Å²) >= 11 is 0. The van der Waals surface area contributed by atoms with Crippen molar-refractivity contribution < 1.29 is 0 Å². The third-order valence-corrected chi connectivity index (χ3v) is 3.80. The highest BCUT2D eigenvalue weighted by Gasteiger charge is 2.13. The van der Waals surface area contributed by atoms with Gasteiger partial charge in [0.15, 0.2) is 0 Å². The Morgan fingerprint density at radius 1 is 1.00 bits per heavy atom. The maximum atomic E-state index is 12.1. The zero-order valence-electron chi connectivity index (χ0n) is 12.5. The second-order valence-electron chi connectivity index (χ2n) is 5.44. The number of aryl methyl sites for hydroxylation is 1. The SMILES string of the molecule is Cc1ccc(-n2cc3c(=O)[nH]nc(-c4ccccc4)c3n2)cc1. The maximum absolute atomic E-state index is 12.1. The molecular weight excluding hydrogens is 288 g/mol. The standard InChI is InChI=1S/C18H14N4O/c1-12-7-9-14(10-8-12)22-11-15-17(21-22)16(19-20-18(15)23)13-5-3-2-4-6-13/h2-11H,1H3,(H,20,23). The van der Waals surface area contributed by atoms with Crippen LogP contribution in [-0.4, -0.2) is 20.0 Å². The van der Waals surface area contributed by atoms with Gasteiger partial charge in [-0.15, -0.1) is 0 Å². The molecule has 0 amide bonds. The number of fused-ring (bicyclic) bond motifs is 1. The average Bonchev–Trinajstić information content (AvgIpc) is 3.03. The van der Waals surface area contributed by atoms with E-state index in [-0.39, 0.29) is 5.56 Å². The first kappa shape index (κ1) is 13.5. The normalized spacial score (nSPS) is 11.0. The molecule has 2 heterocycles. The quantitative estimate of drug-likeness (QED) is 0.619. The van der Waals surface area contributed by atoms with Crippen molar-refractivity contribution in [3.63, 3.8) is 0 Å². The van der Waals surface area contributed by atoms with Gasteiger partial charge in [-0.2, -0.15) is 10.2 Å². The molecule has 0 spiro atoms. The van der Waals surface area contributed by atoms with E-state index in [0.717, 1.165) is 11.3 Å². The molecule has 2 aromatic carbocycles. The summed E-state index contributed by atoms with van der Waals surface area (Å²) in [6, 6.07) is 17.7. The Bertz CT molecular complexity index is 1030. The lowest BCUT2D eigenvalue weighted by atomic mass is 10.1. The fraction of sp³-hybridized carbons (Fsp3) is 0.0556. The largest absolute Gasteiger partial charge is 0.275 e. The van der Waals surface area contributed by atoms with Crippen LogP contribution in [0.2, 0.25) is 0 Å². The van der Waals surface area contributed by atoms with Crippen LogP contribution in [0.4, 0.5) is 0 Å². The first-order chi connectivity index (χ1) is 11.2. The molecule has 4 aromatic rings. The summed E-state index contributed by atoms with van der Waals surface area (Å²) in [4.78, 5) is 12.1. The average molecular weight is 302 g/mol. The van der Waals surface area contributed by atoms with E-state index in [0.29, 0.717) is 16.6 Å². The van der Waals surface area contributed by atoms with Crippen LogP contribution in [0.15, 0.2) is 65.6 Å². The zero-order chi connectivity index (χ0) is 15.8. The van der Waals surface area contributed by atoms with Gasteiger partial charge in [-0.25, -0.2) is 9.78 Å². The topological polar surface area (TPSA) is 63.6 Å². The van der Waals surface area contributed by atoms with Crippen LogP contribution in [0, 0.1) is 6.92 Å². The first-order valence-electron chi connectivity index (χ1n) is 7.33. The Kier molecular flexibility index (Phi) is 3.05. The highest BCUT2D eigenvalue weighted by Crippen LogP contribution is 2.23. The van der Waals surface area contributed by atoms with Gasteiger partial charge in [-0.05, 0) is 19.1 Å². The summed E-state index contributed by atoms with van der Waals surface area (Å²) in [5.74, 6) is 0. The van der Waals surface area contributed by atoms with Gasteiger partial charge < -0.3 is 0 Å². The predicted molar refractivity (Wildman–Crippen MR) is 89.7 cm³/mol. The van der Waals surface area contributed by atoms with Crippen LogP contribution in [0.25, 0.3) is 27.8 Å². The molecule has 23 heavy (non-hydrogen) atoms. The smallest absolute Gasteiger partial charge is 0.267 e. The number of benzene rings is 2. The molecule has 0 saturated heterocycles. The van der Waals surface area contributed by atoms with E-state index in [2.05, 4.69) is 15.3 Å². The summed E-state index contributed by atoms with van der Waals surface area (Å²) in [6.07, 6.45) is 1.74. The number of hydrogen-bond acceptors (Lipinski definition) is 3. The predicted octanol–water partition coefficient (Wildman–Crippen LogP) is 3.08. The van der Waals surface area contributed by atoms with E-state index in [1.54, 1.807) is 10.9 Å². The number of hydrogen-bond donors (Lipinski definition) is 1. The van der Waals surface area contributed by atoms with E-state index in [9.17, 15) is 4.79 Å². The molecule has 0 fully saturated rings. The summed E-state index contributed by atoms with van der Waals surface area (Å²) < 4.78 is 1.72. The summed E-state index contributed by atoms with van der Waals surface area (Å²) in [6.45, 7) is 2.03. The van der Waals surface area contributed by atoms with Gasteiger partial charge in [0.05, 0.1) is 11.1 Å². The number of nitrogens with zero attached hydrogens (tertiary/aromatic N) is 3. The van der Waals surface area contributed by atoms with Gasteiger partial charge in [-0.1, -0.05) is 48.0 Å². The molecule has 0 aliphatic rings. The fourth-order valence-corrected chi connectivity index (χ4v) is 2.56. The fourth-order valence-electron chi connectivity index (χ4n) is 2.56. The molecule has 4 rings (SSSR count). The van der Waals surface area contributed by atoms with Gasteiger partial charge in [0.2, 0.25) is 0 Å². The van der Waals surface area contributed by atoms with Crippen molar-refractivity contribution >= 4 is 10.9 Å². The monoisotopic (exact) mass is 302 g/mol. The molecule has 1 N–H and O–H groups in total. The van der Waals surface area contributed by atoms with Crippen molar-refractivity contribution in [2.45, 2.75) is 6.92 Å². The van der Waals surface area contributed by atoms with E-state index in [4.69, 9.17) is 0 Å². The third kappa shape index (κ3) is 2.32. The van der Waals surface area contributed by atoms with E-state index < -0.39 is 0 Å². The molecule has 5 nitrogen and oxygen atoms in total. The minimum absolute atomic E-state index is 0.238. The van der Waals surface area contributed by atoms with E-state index >= 15 is 0 Å². The molecule has 2 aromatic heterocycles. The molecule has 0 atom stereocenters. The Balaban J connectivity index is 1.96. The highest BCUT2D eigenvalue weighted by molar-refractivity contribution is 5.90. The van der Waals surface area contributed by atoms with Crippen molar-refractivity contribution in [1.29, 1.82) is 0 Å². The second-order valence-corrected chi connectivity index (χ2v) is 5.44. The molecule has 0 aliphatic carbocycles. The Morgan fingerprint density at radius 2 is 1.74 bits per heavy atom. The minimum atomic E-state index is -0.238. The van der Waals surface area contributed by atoms with Gasteiger partial charge in [0.25, 0.3) is 5.56 Å². The number of rotatable bonds is 2. The summed E-state index contributed by atoms with van der Waals surface area (Å²) in [5, 5.41) is 11.9. The third-order valence-electron chi connectivity index (χ3n) is 3.80. The van der Waals surface area contributed by atoms with Gasteiger partial charge >= 0.3 is 0 Å². The molecule has 0 unspecified atom stereocenters. The van der Waals surface area contributed by atoms with Crippen LogP contribution in [0.5, 0.6) is 0 Å². The molecule has 0 saturated carbocycles. The molecule has 0 bridgehead atoms. The van der Waals surface area contributed by atoms with Crippen LogP contribution in [0.1, 0.15) is 5.56 Å². The summed E-state index contributed by atoms with van der Waals surface area (Å²) in [5.41, 5.74) is 4.03. The van der Waals surface area contributed by atoms with E-state index in [1.165, 1.54) is 5.56 Å². The van der Waals surface area contributed by atoms with E-state index in [1.807, 2.05) is 61.5 Å². The van der Waals surface area contributed by atoms with Gasteiger partial charge in [-0.3, -0.25) is 4.79 Å². The van der Waals surface area contributed by atoms with Crippen LogP contribution in [0.3, 0.4) is 0 Å². The van der Waals surface area contributed by atoms with Gasteiger partial charge in [0.1, 0.15) is 11.2 Å². The van der Waals surface area contributed by atoms with Crippen molar-refractivity contribution in [3.8, 4) is 16.9 Å². The Morgan fingerprint density at radius 3 is 2.48 bits per heavy atom. The molecule has 112 valence electrons.